The molecule has 0 radical (unpaired) electrons. The molecule has 0 aliphatic rings. The molecule has 2 unspecified atom stereocenters. The molecule has 0 amide bonds. The lowest BCUT2D eigenvalue weighted by Crippen LogP contribution is -2.32. The molecule has 5 heteroatoms. The number of aliphatic hydroxyl groups excluding tert-OH is 1. The van der Waals surface area contributed by atoms with Crippen LogP contribution in [0.3, 0.4) is 0 Å². The number of hydrogen-bond acceptors (Lipinski definition) is 2. The Bertz CT molecular complexity index is 460. The Balaban J connectivity index is 2.63. The van der Waals surface area contributed by atoms with Gasteiger partial charge in [0.2, 0.25) is 0 Å². The van der Waals surface area contributed by atoms with Crippen LogP contribution in [0, 0.1) is 11.2 Å². The van der Waals surface area contributed by atoms with E-state index in [2.05, 4.69) is 26.1 Å². The highest BCUT2D eigenvalue weighted by Crippen LogP contribution is 2.28. The van der Waals surface area contributed by atoms with E-state index in [1.54, 1.807) is 0 Å². The van der Waals surface area contributed by atoms with Crippen LogP contribution in [-0.4, -0.2) is 17.8 Å². The van der Waals surface area contributed by atoms with Crippen LogP contribution in [0.25, 0.3) is 0 Å². The Morgan fingerprint density at radius 2 is 1.85 bits per heavy atom. The van der Waals surface area contributed by atoms with Gasteiger partial charge in [0.05, 0.1) is 11.1 Å². The topological polar surface area (TPSA) is 32.3 Å². The first kappa shape index (κ1) is 17.7. The number of rotatable bonds is 5. The SMILES string of the molecule is CC(NCC(O)CC(C)(C)C)c1cc(F)c(Cl)cc1Cl. The van der Waals surface area contributed by atoms with Crippen LogP contribution in [-0.2, 0) is 0 Å². The second-order valence-electron chi connectivity index (χ2n) is 6.34. The maximum Gasteiger partial charge on any atom is 0.142 e. The monoisotopic (exact) mass is 321 g/mol. The van der Waals surface area contributed by atoms with Gasteiger partial charge in [-0.05, 0) is 36.5 Å². The molecule has 0 aliphatic heterocycles. The molecule has 2 nitrogen and oxygen atoms in total. The van der Waals surface area contributed by atoms with Gasteiger partial charge in [-0.3, -0.25) is 0 Å². The molecule has 2 N–H and O–H groups in total. The van der Waals surface area contributed by atoms with Crippen molar-refractivity contribution in [2.45, 2.75) is 46.3 Å². The van der Waals surface area contributed by atoms with Crippen molar-refractivity contribution in [2.75, 3.05) is 6.54 Å². The summed E-state index contributed by atoms with van der Waals surface area (Å²) in [6.45, 7) is 8.53. The highest BCUT2D eigenvalue weighted by Gasteiger charge is 2.18. The Hall–Kier alpha value is -0.350. The third kappa shape index (κ3) is 5.57. The lowest BCUT2D eigenvalue weighted by molar-refractivity contribution is 0.117. The smallest absolute Gasteiger partial charge is 0.142 e. The summed E-state index contributed by atoms with van der Waals surface area (Å²) in [6.07, 6.45) is 0.239. The Kier molecular flexibility index (Phi) is 6.26. The number of benzene rings is 1. The van der Waals surface area contributed by atoms with Gasteiger partial charge in [-0.25, -0.2) is 4.39 Å². The molecular weight excluding hydrogens is 300 g/mol. The largest absolute Gasteiger partial charge is 0.392 e. The molecule has 0 fully saturated rings. The molecule has 1 aromatic carbocycles. The van der Waals surface area contributed by atoms with Gasteiger partial charge in [-0.2, -0.15) is 0 Å². The zero-order valence-corrected chi connectivity index (χ0v) is 13.8. The van der Waals surface area contributed by atoms with Crippen LogP contribution in [0.5, 0.6) is 0 Å². The summed E-state index contributed by atoms with van der Waals surface area (Å²) in [5.41, 5.74) is 0.700. The van der Waals surface area contributed by atoms with E-state index in [0.29, 0.717) is 23.6 Å². The zero-order valence-electron chi connectivity index (χ0n) is 12.3. The third-order valence-electron chi connectivity index (χ3n) is 3.01. The molecule has 1 rings (SSSR count). The first-order valence-electron chi connectivity index (χ1n) is 6.66. The number of hydrogen-bond donors (Lipinski definition) is 2. The zero-order chi connectivity index (χ0) is 15.5. The van der Waals surface area contributed by atoms with E-state index >= 15 is 0 Å². The molecule has 0 saturated carbocycles. The van der Waals surface area contributed by atoms with Gasteiger partial charge in [-0.1, -0.05) is 44.0 Å². The van der Waals surface area contributed by atoms with E-state index in [1.807, 2.05) is 6.92 Å². The Labute approximate surface area is 130 Å². The maximum absolute atomic E-state index is 13.5. The quantitative estimate of drug-likeness (QED) is 0.778. The molecule has 1 aromatic rings. The maximum atomic E-state index is 13.5. The Morgan fingerprint density at radius 3 is 2.40 bits per heavy atom. The summed E-state index contributed by atoms with van der Waals surface area (Å²) in [6, 6.07) is 2.57. The van der Waals surface area contributed by atoms with Crippen molar-refractivity contribution in [2.24, 2.45) is 5.41 Å². The average molecular weight is 322 g/mol. The molecule has 0 aromatic heterocycles. The van der Waals surface area contributed by atoms with Gasteiger partial charge in [0.1, 0.15) is 5.82 Å². The molecule has 0 spiro atoms. The molecule has 0 heterocycles. The second kappa shape index (κ2) is 7.08. The number of halogens is 3. The first-order chi connectivity index (χ1) is 9.10. The summed E-state index contributed by atoms with van der Waals surface area (Å²) in [5.74, 6) is -0.491. The van der Waals surface area contributed by atoms with Gasteiger partial charge in [0.15, 0.2) is 0 Å². The summed E-state index contributed by atoms with van der Waals surface area (Å²) in [7, 11) is 0. The summed E-state index contributed by atoms with van der Waals surface area (Å²) in [4.78, 5) is 0. The van der Waals surface area contributed by atoms with Crippen molar-refractivity contribution in [1.29, 1.82) is 0 Å². The van der Waals surface area contributed by atoms with Crippen LogP contribution >= 0.6 is 23.2 Å². The van der Waals surface area contributed by atoms with Crippen molar-refractivity contribution >= 4 is 23.2 Å². The third-order valence-corrected chi connectivity index (χ3v) is 3.63. The van der Waals surface area contributed by atoms with Crippen LogP contribution in [0.2, 0.25) is 10.0 Å². The van der Waals surface area contributed by atoms with Gasteiger partial charge in [0.25, 0.3) is 0 Å². The minimum atomic E-state index is -0.491. The number of aliphatic hydroxyl groups is 1. The second-order valence-corrected chi connectivity index (χ2v) is 7.15. The van der Waals surface area contributed by atoms with Gasteiger partial charge >= 0.3 is 0 Å². The highest BCUT2D eigenvalue weighted by molar-refractivity contribution is 6.35. The standard InChI is InChI=1S/C15H22Cl2FNO/c1-9(19-8-10(20)7-15(2,3)4)11-5-14(18)13(17)6-12(11)16/h5-6,9-10,19-20H,7-8H2,1-4H3. The van der Waals surface area contributed by atoms with E-state index in [-0.39, 0.29) is 16.5 Å². The fourth-order valence-corrected chi connectivity index (χ4v) is 2.62. The number of nitrogens with one attached hydrogen (secondary N) is 1. The molecule has 20 heavy (non-hydrogen) atoms. The average Bonchev–Trinajstić information content (AvgIpc) is 2.28. The lowest BCUT2D eigenvalue weighted by Gasteiger charge is -2.24. The van der Waals surface area contributed by atoms with Gasteiger partial charge in [-0.15, -0.1) is 0 Å². The molecular formula is C15H22Cl2FNO. The van der Waals surface area contributed by atoms with Gasteiger partial charge in [0, 0.05) is 17.6 Å². The summed E-state index contributed by atoms with van der Waals surface area (Å²) < 4.78 is 13.5. The normalized spacial score (nSPS) is 15.2. The predicted molar refractivity (Wildman–Crippen MR) is 82.9 cm³/mol. The first-order valence-corrected chi connectivity index (χ1v) is 7.41. The highest BCUT2D eigenvalue weighted by atomic mass is 35.5. The van der Waals surface area contributed by atoms with Crippen molar-refractivity contribution in [3.63, 3.8) is 0 Å². The van der Waals surface area contributed by atoms with Crippen molar-refractivity contribution in [3.8, 4) is 0 Å². The summed E-state index contributed by atoms with van der Waals surface area (Å²) in [5, 5.41) is 13.6. The minimum Gasteiger partial charge on any atom is -0.392 e. The predicted octanol–water partition coefficient (Wildman–Crippen LogP) is 4.58. The molecule has 2 atom stereocenters. The van der Waals surface area contributed by atoms with Crippen LogP contribution in [0.1, 0.15) is 45.7 Å². The van der Waals surface area contributed by atoms with Crippen molar-refractivity contribution < 1.29 is 9.50 Å². The fraction of sp³-hybridized carbons (Fsp3) is 0.600. The fourth-order valence-electron chi connectivity index (χ4n) is 2.07. The van der Waals surface area contributed by atoms with Crippen LogP contribution < -0.4 is 5.32 Å². The van der Waals surface area contributed by atoms with E-state index in [0.717, 1.165) is 0 Å². The van der Waals surface area contributed by atoms with E-state index in [9.17, 15) is 9.50 Å². The summed E-state index contributed by atoms with van der Waals surface area (Å²) >= 11 is 11.7. The lowest BCUT2D eigenvalue weighted by atomic mass is 9.89. The van der Waals surface area contributed by atoms with Crippen molar-refractivity contribution in [3.05, 3.63) is 33.6 Å². The Morgan fingerprint density at radius 1 is 1.25 bits per heavy atom. The molecule has 0 saturated heterocycles. The molecule has 0 aliphatic carbocycles. The molecule has 114 valence electrons. The van der Waals surface area contributed by atoms with Crippen LogP contribution in [0.15, 0.2) is 12.1 Å². The van der Waals surface area contributed by atoms with E-state index in [4.69, 9.17) is 23.2 Å². The van der Waals surface area contributed by atoms with E-state index in [1.165, 1.54) is 12.1 Å². The van der Waals surface area contributed by atoms with Crippen molar-refractivity contribution in [1.82, 2.24) is 5.32 Å². The van der Waals surface area contributed by atoms with E-state index < -0.39 is 11.9 Å². The molecule has 0 bridgehead atoms. The van der Waals surface area contributed by atoms with Gasteiger partial charge < -0.3 is 10.4 Å². The minimum absolute atomic E-state index is 0.0127. The van der Waals surface area contributed by atoms with Crippen LogP contribution in [0.4, 0.5) is 4.39 Å².